The summed E-state index contributed by atoms with van der Waals surface area (Å²) in [6.45, 7) is 3.60. The van der Waals surface area contributed by atoms with Crippen LogP contribution in [0.25, 0.3) is 0 Å². The first kappa shape index (κ1) is 21.8. The quantitative estimate of drug-likeness (QED) is 0.387. The van der Waals surface area contributed by atoms with Crippen molar-refractivity contribution >= 4 is 33.4 Å². The summed E-state index contributed by atoms with van der Waals surface area (Å²) in [5.41, 5.74) is 1.93. The zero-order valence-electron chi connectivity index (χ0n) is 16.1. The average molecular weight is 440 g/mol. The summed E-state index contributed by atoms with van der Waals surface area (Å²) in [6, 6.07) is 19.2. The van der Waals surface area contributed by atoms with E-state index in [2.05, 4.69) is 21.6 Å². The molecule has 6 nitrogen and oxygen atoms in total. The number of sulfonamides is 1. The van der Waals surface area contributed by atoms with Crippen LogP contribution in [-0.2, 0) is 15.8 Å². The van der Waals surface area contributed by atoms with Gasteiger partial charge < -0.3 is 5.32 Å². The van der Waals surface area contributed by atoms with E-state index in [0.717, 1.165) is 10.6 Å². The van der Waals surface area contributed by atoms with Gasteiger partial charge in [-0.15, -0.1) is 18.3 Å². The molecule has 0 aliphatic heterocycles. The van der Waals surface area contributed by atoms with Gasteiger partial charge in [-0.1, -0.05) is 30.3 Å². The maximum Gasteiger partial charge on any atom is 0.255 e. The molecular weight excluding hydrogens is 418 g/mol. The summed E-state index contributed by atoms with van der Waals surface area (Å²) in [6.07, 6.45) is 3.20. The highest BCUT2D eigenvalue weighted by molar-refractivity contribution is 7.98. The first-order valence-electron chi connectivity index (χ1n) is 9.13. The smallest absolute Gasteiger partial charge is 0.255 e. The number of benzene rings is 2. The van der Waals surface area contributed by atoms with Crippen LogP contribution < -0.4 is 10.0 Å². The van der Waals surface area contributed by atoms with Crippen molar-refractivity contribution in [1.29, 1.82) is 0 Å². The van der Waals surface area contributed by atoms with E-state index in [0.29, 0.717) is 11.4 Å². The predicted molar refractivity (Wildman–Crippen MR) is 120 cm³/mol. The monoisotopic (exact) mass is 439 g/mol. The molecule has 0 radical (unpaired) electrons. The summed E-state index contributed by atoms with van der Waals surface area (Å²) in [7, 11) is -3.70. The number of nitrogens with one attached hydrogen (secondary N) is 2. The molecule has 0 atom stereocenters. The molecule has 3 rings (SSSR count). The number of thioether (sulfide) groups is 1. The third kappa shape index (κ3) is 6.03. The molecule has 8 heteroatoms. The van der Waals surface area contributed by atoms with E-state index in [1.54, 1.807) is 30.1 Å². The summed E-state index contributed by atoms with van der Waals surface area (Å²) >= 11 is 1.60. The number of hydrogen-bond donors (Lipinski definition) is 2. The van der Waals surface area contributed by atoms with Gasteiger partial charge in [-0.05, 0) is 48.0 Å². The maximum absolute atomic E-state index is 12.6. The van der Waals surface area contributed by atoms with E-state index in [-0.39, 0.29) is 22.9 Å². The largest absolute Gasteiger partial charge is 0.322 e. The zero-order chi connectivity index (χ0) is 21.4. The minimum Gasteiger partial charge on any atom is -0.322 e. The molecule has 0 aliphatic rings. The molecule has 3 aromatic rings. The second-order valence-corrected chi connectivity index (χ2v) is 9.04. The van der Waals surface area contributed by atoms with Gasteiger partial charge in [0.15, 0.2) is 0 Å². The standard InChI is InChI=1S/C22H21N3O3S2/c1-2-12-24-30(27,28)20-10-6-8-18(15-20)22(26)25-19-9-5-7-17(14-19)16-29-21-11-3-4-13-23-21/h2-11,13-15,24H,1,12,16H2,(H,25,26). The van der Waals surface area contributed by atoms with E-state index in [1.807, 2.05) is 36.4 Å². The first-order valence-corrected chi connectivity index (χ1v) is 11.6. The van der Waals surface area contributed by atoms with Crippen LogP contribution in [0.1, 0.15) is 15.9 Å². The van der Waals surface area contributed by atoms with Gasteiger partial charge in [-0.25, -0.2) is 18.1 Å². The summed E-state index contributed by atoms with van der Waals surface area (Å²) in [5, 5.41) is 3.75. The molecule has 0 bridgehead atoms. The fourth-order valence-electron chi connectivity index (χ4n) is 2.59. The number of rotatable bonds is 9. The Morgan fingerprint density at radius 3 is 2.67 bits per heavy atom. The summed E-state index contributed by atoms with van der Waals surface area (Å²) < 4.78 is 26.9. The second kappa shape index (κ2) is 10.2. The topological polar surface area (TPSA) is 88.2 Å². The fourth-order valence-corrected chi connectivity index (χ4v) is 4.44. The van der Waals surface area contributed by atoms with E-state index in [1.165, 1.54) is 24.3 Å². The van der Waals surface area contributed by atoms with Crippen molar-refractivity contribution in [2.45, 2.75) is 15.7 Å². The van der Waals surface area contributed by atoms with E-state index in [4.69, 9.17) is 0 Å². The molecule has 1 aromatic heterocycles. The van der Waals surface area contributed by atoms with E-state index < -0.39 is 10.0 Å². The maximum atomic E-state index is 12.6. The lowest BCUT2D eigenvalue weighted by Gasteiger charge is -2.09. The van der Waals surface area contributed by atoms with Crippen LogP contribution in [0.15, 0.2) is 95.5 Å². The van der Waals surface area contributed by atoms with E-state index >= 15 is 0 Å². The van der Waals surface area contributed by atoms with Crippen LogP contribution in [0.4, 0.5) is 5.69 Å². The Bertz CT molecular complexity index is 1130. The van der Waals surface area contributed by atoms with Crippen LogP contribution in [0.5, 0.6) is 0 Å². The average Bonchev–Trinajstić information content (AvgIpc) is 2.77. The van der Waals surface area contributed by atoms with Crippen molar-refractivity contribution in [3.05, 3.63) is 96.7 Å². The first-order chi connectivity index (χ1) is 14.5. The highest BCUT2D eigenvalue weighted by Crippen LogP contribution is 2.22. The van der Waals surface area contributed by atoms with Crippen LogP contribution in [0.3, 0.4) is 0 Å². The van der Waals surface area contributed by atoms with Gasteiger partial charge in [0, 0.05) is 29.7 Å². The van der Waals surface area contributed by atoms with Gasteiger partial charge in [0.05, 0.1) is 9.92 Å². The molecule has 0 aliphatic carbocycles. The van der Waals surface area contributed by atoms with Crippen LogP contribution in [0.2, 0.25) is 0 Å². The SMILES string of the molecule is C=CCNS(=O)(=O)c1cccc(C(=O)Nc2cccc(CSc3ccccn3)c2)c1. The predicted octanol–water partition coefficient (Wildman–Crippen LogP) is 4.09. The van der Waals surface area contributed by atoms with Gasteiger partial charge in [-0.2, -0.15) is 0 Å². The molecule has 154 valence electrons. The van der Waals surface area contributed by atoms with Gasteiger partial charge in [0.2, 0.25) is 10.0 Å². The molecule has 2 aromatic carbocycles. The second-order valence-electron chi connectivity index (χ2n) is 6.28. The Morgan fingerprint density at radius 1 is 1.07 bits per heavy atom. The molecule has 2 N–H and O–H groups in total. The van der Waals surface area contributed by atoms with Crippen LogP contribution >= 0.6 is 11.8 Å². The van der Waals surface area contributed by atoms with Gasteiger partial charge in [0.1, 0.15) is 0 Å². The fraction of sp³-hybridized carbons (Fsp3) is 0.0909. The van der Waals surface area contributed by atoms with Crippen molar-refractivity contribution in [3.8, 4) is 0 Å². The number of aromatic nitrogens is 1. The molecule has 0 spiro atoms. The highest BCUT2D eigenvalue weighted by Gasteiger charge is 2.15. The lowest BCUT2D eigenvalue weighted by Crippen LogP contribution is -2.24. The van der Waals surface area contributed by atoms with Crippen molar-refractivity contribution < 1.29 is 13.2 Å². The molecule has 0 unspecified atom stereocenters. The van der Waals surface area contributed by atoms with Crippen molar-refractivity contribution in [2.75, 3.05) is 11.9 Å². The molecular formula is C22H21N3O3S2. The molecule has 1 heterocycles. The number of hydrogen-bond acceptors (Lipinski definition) is 5. The van der Waals surface area contributed by atoms with E-state index in [9.17, 15) is 13.2 Å². The Kier molecular flexibility index (Phi) is 7.40. The molecule has 1 amide bonds. The number of nitrogens with zero attached hydrogens (tertiary/aromatic N) is 1. The van der Waals surface area contributed by atoms with Crippen molar-refractivity contribution in [2.24, 2.45) is 0 Å². The summed E-state index contributed by atoms with van der Waals surface area (Å²) in [5.74, 6) is 0.328. The number of amides is 1. The normalized spacial score (nSPS) is 11.1. The summed E-state index contributed by atoms with van der Waals surface area (Å²) in [4.78, 5) is 17.0. The van der Waals surface area contributed by atoms with Gasteiger partial charge in [-0.3, -0.25) is 4.79 Å². The minimum absolute atomic E-state index is 0.0255. The minimum atomic E-state index is -3.70. The van der Waals surface area contributed by atoms with Crippen LogP contribution in [-0.4, -0.2) is 25.9 Å². The Hall–Kier alpha value is -2.94. The van der Waals surface area contributed by atoms with Crippen molar-refractivity contribution in [3.63, 3.8) is 0 Å². The van der Waals surface area contributed by atoms with Gasteiger partial charge in [0.25, 0.3) is 5.91 Å². The Labute approximate surface area is 180 Å². The lowest BCUT2D eigenvalue weighted by atomic mass is 10.2. The van der Waals surface area contributed by atoms with Crippen LogP contribution in [0, 0.1) is 0 Å². The third-order valence-electron chi connectivity index (χ3n) is 4.03. The molecule has 30 heavy (non-hydrogen) atoms. The molecule has 0 saturated heterocycles. The van der Waals surface area contributed by atoms with Crippen molar-refractivity contribution in [1.82, 2.24) is 9.71 Å². The number of carbonyl (C=O) groups excluding carboxylic acids is 1. The number of pyridine rings is 1. The number of carbonyl (C=O) groups is 1. The molecule has 0 fully saturated rings. The Balaban J connectivity index is 1.69. The Morgan fingerprint density at radius 2 is 1.90 bits per heavy atom. The highest BCUT2D eigenvalue weighted by atomic mass is 32.2. The molecule has 0 saturated carbocycles. The lowest BCUT2D eigenvalue weighted by molar-refractivity contribution is 0.102. The van der Waals surface area contributed by atoms with Gasteiger partial charge >= 0.3 is 0 Å². The zero-order valence-corrected chi connectivity index (χ0v) is 17.7. The third-order valence-corrected chi connectivity index (χ3v) is 6.47. The number of anilines is 1.